The van der Waals surface area contributed by atoms with Gasteiger partial charge in [-0.2, -0.15) is 11.8 Å². The van der Waals surface area contributed by atoms with E-state index < -0.39 is 0 Å². The molecule has 1 atom stereocenters. The SMILES string of the molecule is CCCCC(CCSC)C1COC1. The van der Waals surface area contributed by atoms with Crippen LogP contribution in [0, 0.1) is 11.8 Å². The van der Waals surface area contributed by atoms with Gasteiger partial charge >= 0.3 is 0 Å². The summed E-state index contributed by atoms with van der Waals surface area (Å²) in [5.41, 5.74) is 0. The molecule has 1 heterocycles. The smallest absolute Gasteiger partial charge is 0.0519 e. The Morgan fingerprint density at radius 2 is 2.15 bits per heavy atom. The van der Waals surface area contributed by atoms with Gasteiger partial charge in [-0.15, -0.1) is 0 Å². The fourth-order valence-corrected chi connectivity index (χ4v) is 2.42. The average molecular weight is 202 g/mol. The van der Waals surface area contributed by atoms with Crippen molar-refractivity contribution in [2.45, 2.75) is 32.6 Å². The van der Waals surface area contributed by atoms with Gasteiger partial charge in [-0.3, -0.25) is 0 Å². The first-order valence-electron chi connectivity index (χ1n) is 5.45. The van der Waals surface area contributed by atoms with Crippen LogP contribution in [0.4, 0.5) is 0 Å². The van der Waals surface area contributed by atoms with Crippen LogP contribution in [0.2, 0.25) is 0 Å². The van der Waals surface area contributed by atoms with Crippen molar-refractivity contribution < 1.29 is 4.74 Å². The number of unbranched alkanes of at least 4 members (excludes halogenated alkanes) is 1. The first-order chi connectivity index (χ1) is 6.38. The van der Waals surface area contributed by atoms with Crippen LogP contribution in [-0.2, 0) is 4.74 Å². The van der Waals surface area contributed by atoms with Crippen molar-refractivity contribution in [1.82, 2.24) is 0 Å². The summed E-state index contributed by atoms with van der Waals surface area (Å²) in [5.74, 6) is 3.16. The molecule has 0 aromatic rings. The second-order valence-corrected chi connectivity index (χ2v) is 4.97. The Balaban J connectivity index is 2.16. The van der Waals surface area contributed by atoms with Crippen LogP contribution in [0.3, 0.4) is 0 Å². The maximum atomic E-state index is 5.27. The highest BCUT2D eigenvalue weighted by Crippen LogP contribution is 2.29. The minimum atomic E-state index is 0.888. The van der Waals surface area contributed by atoms with Gasteiger partial charge in [-0.1, -0.05) is 19.8 Å². The summed E-state index contributed by atoms with van der Waals surface area (Å²) in [5, 5.41) is 0. The molecule has 13 heavy (non-hydrogen) atoms. The van der Waals surface area contributed by atoms with Gasteiger partial charge < -0.3 is 4.74 Å². The van der Waals surface area contributed by atoms with Crippen molar-refractivity contribution in [3.63, 3.8) is 0 Å². The minimum Gasteiger partial charge on any atom is -0.381 e. The Morgan fingerprint density at radius 1 is 1.38 bits per heavy atom. The van der Waals surface area contributed by atoms with E-state index >= 15 is 0 Å². The van der Waals surface area contributed by atoms with Crippen LogP contribution >= 0.6 is 11.8 Å². The Hall–Kier alpha value is 0.310. The molecule has 1 nitrogen and oxygen atoms in total. The van der Waals surface area contributed by atoms with E-state index in [4.69, 9.17) is 4.74 Å². The maximum Gasteiger partial charge on any atom is 0.0519 e. The molecule has 0 aliphatic carbocycles. The molecule has 2 heteroatoms. The third kappa shape index (κ3) is 3.90. The van der Waals surface area contributed by atoms with Crippen LogP contribution < -0.4 is 0 Å². The lowest BCUT2D eigenvalue weighted by molar-refractivity contribution is -0.0631. The highest BCUT2D eigenvalue weighted by molar-refractivity contribution is 7.98. The van der Waals surface area contributed by atoms with E-state index in [0.717, 1.165) is 25.0 Å². The normalized spacial score (nSPS) is 19.8. The lowest BCUT2D eigenvalue weighted by atomic mass is 9.85. The highest BCUT2D eigenvalue weighted by atomic mass is 32.2. The molecule has 1 saturated heterocycles. The van der Waals surface area contributed by atoms with Gasteiger partial charge in [0.25, 0.3) is 0 Å². The number of ether oxygens (including phenoxy) is 1. The highest BCUT2D eigenvalue weighted by Gasteiger charge is 2.27. The largest absolute Gasteiger partial charge is 0.381 e. The quantitative estimate of drug-likeness (QED) is 0.627. The molecule has 1 unspecified atom stereocenters. The molecule has 0 spiro atoms. The molecule has 0 aromatic heterocycles. The Bertz CT molecular complexity index is 115. The van der Waals surface area contributed by atoms with E-state index in [1.54, 1.807) is 0 Å². The van der Waals surface area contributed by atoms with Crippen molar-refractivity contribution in [1.29, 1.82) is 0 Å². The summed E-state index contributed by atoms with van der Waals surface area (Å²) in [6.07, 6.45) is 7.76. The second-order valence-electron chi connectivity index (χ2n) is 3.98. The van der Waals surface area contributed by atoms with Gasteiger partial charge in [0.15, 0.2) is 0 Å². The Morgan fingerprint density at radius 3 is 2.62 bits per heavy atom. The second kappa shape index (κ2) is 6.72. The van der Waals surface area contributed by atoms with E-state index in [1.165, 1.54) is 31.4 Å². The van der Waals surface area contributed by atoms with Gasteiger partial charge in [0.05, 0.1) is 13.2 Å². The number of rotatable bonds is 7. The molecule has 1 aliphatic heterocycles. The van der Waals surface area contributed by atoms with Crippen LogP contribution in [0.5, 0.6) is 0 Å². The summed E-state index contributed by atoms with van der Waals surface area (Å²) >= 11 is 1.97. The third-order valence-electron chi connectivity index (χ3n) is 2.95. The number of hydrogen-bond acceptors (Lipinski definition) is 2. The third-order valence-corrected chi connectivity index (χ3v) is 3.60. The Labute approximate surface area is 86.6 Å². The molecule has 0 N–H and O–H groups in total. The molecular weight excluding hydrogens is 180 g/mol. The molecule has 1 aliphatic rings. The van der Waals surface area contributed by atoms with Crippen LogP contribution in [0.1, 0.15) is 32.6 Å². The summed E-state index contributed by atoms with van der Waals surface area (Å²) in [6.45, 7) is 4.34. The summed E-state index contributed by atoms with van der Waals surface area (Å²) in [4.78, 5) is 0. The fourth-order valence-electron chi connectivity index (χ4n) is 1.88. The van der Waals surface area contributed by atoms with Gasteiger partial charge in [0.2, 0.25) is 0 Å². The van der Waals surface area contributed by atoms with Crippen molar-refractivity contribution in [2.24, 2.45) is 11.8 Å². The molecule has 78 valence electrons. The fraction of sp³-hybridized carbons (Fsp3) is 1.00. The molecule has 0 amide bonds. The zero-order chi connectivity index (χ0) is 9.52. The molecule has 0 bridgehead atoms. The first-order valence-corrected chi connectivity index (χ1v) is 6.84. The molecule has 1 rings (SSSR count). The van der Waals surface area contributed by atoms with Gasteiger partial charge in [-0.25, -0.2) is 0 Å². The molecule has 0 saturated carbocycles. The zero-order valence-electron chi connectivity index (χ0n) is 8.92. The van der Waals surface area contributed by atoms with Crippen molar-refractivity contribution in [2.75, 3.05) is 25.2 Å². The predicted octanol–water partition coefficient (Wildman–Crippen LogP) is 3.19. The average Bonchev–Trinajstić information content (AvgIpc) is 2.06. The monoisotopic (exact) mass is 202 g/mol. The van der Waals surface area contributed by atoms with E-state index in [0.29, 0.717) is 0 Å². The van der Waals surface area contributed by atoms with Gasteiger partial charge in [0.1, 0.15) is 0 Å². The molecular formula is C11H22OS. The van der Waals surface area contributed by atoms with Crippen molar-refractivity contribution in [3.05, 3.63) is 0 Å². The van der Waals surface area contributed by atoms with E-state index in [-0.39, 0.29) is 0 Å². The summed E-state index contributed by atoms with van der Waals surface area (Å²) in [6, 6.07) is 0. The summed E-state index contributed by atoms with van der Waals surface area (Å²) < 4.78 is 5.27. The summed E-state index contributed by atoms with van der Waals surface area (Å²) in [7, 11) is 0. The topological polar surface area (TPSA) is 9.23 Å². The van der Waals surface area contributed by atoms with Crippen LogP contribution in [0.25, 0.3) is 0 Å². The first kappa shape index (κ1) is 11.4. The minimum absolute atomic E-state index is 0.888. The van der Waals surface area contributed by atoms with E-state index in [1.807, 2.05) is 11.8 Å². The van der Waals surface area contributed by atoms with Crippen molar-refractivity contribution >= 4 is 11.8 Å². The number of hydrogen-bond donors (Lipinski definition) is 0. The van der Waals surface area contributed by atoms with Gasteiger partial charge in [-0.05, 0) is 30.8 Å². The zero-order valence-corrected chi connectivity index (χ0v) is 9.74. The Kier molecular flexibility index (Phi) is 5.88. The molecule has 0 aromatic carbocycles. The lowest BCUT2D eigenvalue weighted by Gasteiger charge is -2.33. The van der Waals surface area contributed by atoms with Crippen LogP contribution in [-0.4, -0.2) is 25.2 Å². The van der Waals surface area contributed by atoms with Crippen molar-refractivity contribution in [3.8, 4) is 0 Å². The lowest BCUT2D eigenvalue weighted by Crippen LogP contribution is -2.34. The molecule has 0 radical (unpaired) electrons. The molecule has 1 fully saturated rings. The van der Waals surface area contributed by atoms with E-state index in [9.17, 15) is 0 Å². The number of thioether (sulfide) groups is 1. The predicted molar refractivity (Wildman–Crippen MR) is 60.3 cm³/mol. The van der Waals surface area contributed by atoms with Crippen LogP contribution in [0.15, 0.2) is 0 Å². The van der Waals surface area contributed by atoms with Gasteiger partial charge in [0, 0.05) is 5.92 Å². The van der Waals surface area contributed by atoms with E-state index in [2.05, 4.69) is 13.2 Å². The standard InChI is InChI=1S/C11H22OS/c1-3-4-5-10(6-7-13-2)11-8-12-9-11/h10-11H,3-9H2,1-2H3. The maximum absolute atomic E-state index is 5.27.